The molecule has 2 N–H and O–H groups in total. The summed E-state index contributed by atoms with van der Waals surface area (Å²) < 4.78 is 11.2. The van der Waals surface area contributed by atoms with Gasteiger partial charge < -0.3 is 29.9 Å². The fourth-order valence-corrected chi connectivity index (χ4v) is 9.49. The maximum Gasteiger partial charge on any atom is 0.308 e. The van der Waals surface area contributed by atoms with E-state index in [1.807, 2.05) is 23.9 Å². The molecular formula is C51H90N4O7S. The van der Waals surface area contributed by atoms with Crippen molar-refractivity contribution in [3.05, 3.63) is 16.0 Å². The highest BCUT2D eigenvalue weighted by atomic mass is 32.1. The minimum Gasteiger partial charge on any atom is -0.466 e. The molecule has 0 radical (unpaired) electrons. The van der Waals surface area contributed by atoms with E-state index >= 15 is 0 Å². The van der Waals surface area contributed by atoms with E-state index in [0.29, 0.717) is 75.6 Å². The van der Waals surface area contributed by atoms with Gasteiger partial charge in [0.15, 0.2) is 0 Å². The summed E-state index contributed by atoms with van der Waals surface area (Å²) in [5.74, 6) is -0.605. The van der Waals surface area contributed by atoms with Crippen molar-refractivity contribution in [2.75, 3.05) is 52.3 Å². The summed E-state index contributed by atoms with van der Waals surface area (Å²) in [5, 5.41) is 6.55. The van der Waals surface area contributed by atoms with Crippen molar-refractivity contribution in [1.29, 1.82) is 0 Å². The van der Waals surface area contributed by atoms with E-state index in [9.17, 15) is 24.0 Å². The van der Waals surface area contributed by atoms with Gasteiger partial charge in [-0.25, -0.2) is 0 Å². The third kappa shape index (κ3) is 25.9. The Morgan fingerprint density at radius 3 is 1.79 bits per heavy atom. The number of fused-ring (bicyclic) bond motifs is 1. The minimum atomic E-state index is -0.218. The highest BCUT2D eigenvalue weighted by molar-refractivity contribution is 7.17. The predicted octanol–water partition coefficient (Wildman–Crippen LogP) is 11.9. The molecule has 1 aliphatic heterocycles. The molecule has 0 aliphatic carbocycles. The van der Waals surface area contributed by atoms with Crippen LogP contribution in [0.2, 0.25) is 0 Å². The largest absolute Gasteiger partial charge is 0.466 e. The molecule has 362 valence electrons. The van der Waals surface area contributed by atoms with Crippen molar-refractivity contribution in [2.45, 2.75) is 220 Å². The van der Waals surface area contributed by atoms with Crippen LogP contribution >= 0.6 is 11.3 Å². The van der Waals surface area contributed by atoms with Gasteiger partial charge in [-0.1, -0.05) is 136 Å². The number of unbranched alkanes of at least 4 members (excludes halogenated alkanes) is 19. The second kappa shape index (κ2) is 36.3. The van der Waals surface area contributed by atoms with Crippen molar-refractivity contribution < 1.29 is 33.4 Å². The number of carbonyl (C=O) groups is 5. The van der Waals surface area contributed by atoms with Crippen molar-refractivity contribution in [1.82, 2.24) is 15.1 Å². The van der Waals surface area contributed by atoms with Gasteiger partial charge in [0.05, 0.1) is 31.2 Å². The number of ether oxygens (including phenoxy) is 2. The summed E-state index contributed by atoms with van der Waals surface area (Å²) in [6.45, 7) is 9.61. The normalized spacial score (nSPS) is 12.9. The monoisotopic (exact) mass is 903 g/mol. The van der Waals surface area contributed by atoms with Gasteiger partial charge in [-0.05, 0) is 77.4 Å². The third-order valence-corrected chi connectivity index (χ3v) is 13.3. The van der Waals surface area contributed by atoms with E-state index in [1.165, 1.54) is 108 Å². The van der Waals surface area contributed by atoms with Crippen LogP contribution in [0.4, 0.5) is 5.00 Å². The zero-order chi connectivity index (χ0) is 45.9. The predicted molar refractivity (Wildman–Crippen MR) is 259 cm³/mol. The van der Waals surface area contributed by atoms with Crippen molar-refractivity contribution in [3.63, 3.8) is 0 Å². The number of nitrogens with one attached hydrogen (secondary N) is 2. The molecule has 1 atom stereocenters. The Morgan fingerprint density at radius 1 is 0.651 bits per heavy atom. The molecule has 0 fully saturated rings. The number of hydrogen-bond donors (Lipinski definition) is 2. The van der Waals surface area contributed by atoms with Crippen LogP contribution in [-0.2, 0) is 41.6 Å². The van der Waals surface area contributed by atoms with E-state index in [0.717, 1.165) is 68.2 Å². The summed E-state index contributed by atoms with van der Waals surface area (Å²) in [6.07, 6.45) is 29.6. The standard InChI is InChI=1S/C51H90N4O7S/c1-6-9-12-15-17-18-19-21-28-39-61-47(58)34-27-26-32-45(56)53-50-48(49(59)52-36-38-54(4)5)43-35-37-55(41-44(43)63-50)46(57)33-25-22-29-40-62-51(60)42(30-23-14-11-8-3)31-24-20-16-13-10-7-2/h42H,6-41H2,1-5H3,(H,52,59)(H,53,56). The minimum absolute atomic E-state index is 0.00408. The summed E-state index contributed by atoms with van der Waals surface area (Å²) in [6, 6.07) is 0. The Hall–Kier alpha value is -2.99. The zero-order valence-corrected chi connectivity index (χ0v) is 41.5. The molecule has 63 heavy (non-hydrogen) atoms. The Labute approximate surface area is 387 Å². The number of amides is 3. The second-order valence-electron chi connectivity index (χ2n) is 18.2. The average molecular weight is 903 g/mol. The number of likely N-dealkylation sites (N-methyl/N-ethyl adjacent to an activating group) is 1. The van der Waals surface area contributed by atoms with Crippen LogP contribution < -0.4 is 10.6 Å². The van der Waals surface area contributed by atoms with Crippen molar-refractivity contribution in [2.24, 2.45) is 5.92 Å². The number of rotatable bonds is 39. The van der Waals surface area contributed by atoms with E-state index in [1.54, 1.807) is 0 Å². The molecule has 0 saturated carbocycles. The van der Waals surface area contributed by atoms with Gasteiger partial charge in [-0.15, -0.1) is 11.3 Å². The summed E-state index contributed by atoms with van der Waals surface area (Å²) >= 11 is 1.38. The van der Waals surface area contributed by atoms with Crippen LogP contribution in [0.3, 0.4) is 0 Å². The highest BCUT2D eigenvalue weighted by Gasteiger charge is 2.30. The molecule has 11 nitrogen and oxygen atoms in total. The lowest BCUT2D eigenvalue weighted by molar-refractivity contribution is -0.149. The Kier molecular flexibility index (Phi) is 32.3. The second-order valence-corrected chi connectivity index (χ2v) is 19.3. The van der Waals surface area contributed by atoms with Crippen molar-refractivity contribution >= 4 is 46.0 Å². The maximum atomic E-state index is 13.6. The van der Waals surface area contributed by atoms with E-state index in [2.05, 4.69) is 31.4 Å². The summed E-state index contributed by atoms with van der Waals surface area (Å²) in [7, 11) is 3.90. The number of hydrogen-bond acceptors (Lipinski definition) is 9. The molecule has 2 heterocycles. The first kappa shape index (κ1) is 56.1. The number of thiophene rings is 1. The van der Waals surface area contributed by atoms with Gasteiger partial charge in [0, 0.05) is 43.8 Å². The van der Waals surface area contributed by atoms with Crippen LogP contribution in [0.1, 0.15) is 228 Å². The van der Waals surface area contributed by atoms with E-state index in [-0.39, 0.29) is 48.4 Å². The number of esters is 2. The topological polar surface area (TPSA) is 134 Å². The molecule has 1 aliphatic rings. The molecule has 1 unspecified atom stereocenters. The number of anilines is 1. The van der Waals surface area contributed by atoms with Gasteiger partial charge in [0.1, 0.15) is 5.00 Å². The summed E-state index contributed by atoms with van der Waals surface area (Å²) in [4.78, 5) is 70.2. The summed E-state index contributed by atoms with van der Waals surface area (Å²) in [5.41, 5.74) is 1.40. The maximum absolute atomic E-state index is 13.6. The smallest absolute Gasteiger partial charge is 0.308 e. The Bertz CT molecular complexity index is 1420. The molecular weight excluding hydrogens is 813 g/mol. The Morgan fingerprint density at radius 2 is 1.17 bits per heavy atom. The lowest BCUT2D eigenvalue weighted by Crippen LogP contribution is -2.36. The zero-order valence-electron chi connectivity index (χ0n) is 40.7. The molecule has 3 amide bonds. The Balaban J connectivity index is 1.81. The highest BCUT2D eigenvalue weighted by Crippen LogP contribution is 2.37. The van der Waals surface area contributed by atoms with E-state index in [4.69, 9.17) is 9.47 Å². The lowest BCUT2D eigenvalue weighted by Gasteiger charge is -2.27. The number of carbonyl (C=O) groups excluding carboxylic acids is 5. The molecule has 0 spiro atoms. The molecule has 1 aromatic rings. The third-order valence-electron chi connectivity index (χ3n) is 12.2. The average Bonchev–Trinajstić information content (AvgIpc) is 3.62. The quantitative estimate of drug-likeness (QED) is 0.0493. The SMILES string of the molecule is CCCCCCCCCCCOC(=O)CCCCC(=O)Nc1sc2c(c1C(=O)NCCN(C)C)CCN(C(=O)CCCCCOC(=O)C(CCCCCC)CCCCCCCC)C2. The van der Waals surface area contributed by atoms with E-state index < -0.39 is 0 Å². The van der Waals surface area contributed by atoms with Crippen LogP contribution in [0.5, 0.6) is 0 Å². The molecule has 0 saturated heterocycles. The van der Waals surface area contributed by atoms with Gasteiger partial charge in [0.2, 0.25) is 11.8 Å². The van der Waals surface area contributed by atoms with Gasteiger partial charge >= 0.3 is 11.9 Å². The van der Waals surface area contributed by atoms with Crippen LogP contribution in [0.25, 0.3) is 0 Å². The fourth-order valence-electron chi connectivity index (χ4n) is 8.21. The lowest BCUT2D eigenvalue weighted by atomic mass is 9.94. The van der Waals surface area contributed by atoms with Gasteiger partial charge in [0.25, 0.3) is 5.91 Å². The molecule has 12 heteroatoms. The molecule has 0 bridgehead atoms. The van der Waals surface area contributed by atoms with Gasteiger partial charge in [-0.3, -0.25) is 24.0 Å². The van der Waals surface area contributed by atoms with Crippen LogP contribution in [0.15, 0.2) is 0 Å². The van der Waals surface area contributed by atoms with Gasteiger partial charge in [-0.2, -0.15) is 0 Å². The van der Waals surface area contributed by atoms with Crippen LogP contribution in [-0.4, -0.2) is 86.4 Å². The first-order chi connectivity index (χ1) is 30.6. The van der Waals surface area contributed by atoms with Crippen LogP contribution in [0, 0.1) is 5.92 Å². The first-order valence-corrected chi connectivity index (χ1v) is 26.4. The molecule has 2 rings (SSSR count). The molecule has 1 aromatic heterocycles. The van der Waals surface area contributed by atoms with Crippen molar-refractivity contribution in [3.8, 4) is 0 Å². The molecule has 0 aromatic carbocycles. The first-order valence-electron chi connectivity index (χ1n) is 25.6. The number of nitrogens with zero attached hydrogens (tertiary/aromatic N) is 2. The fraction of sp³-hybridized carbons (Fsp3) is 0.824.